The predicted octanol–water partition coefficient (Wildman–Crippen LogP) is 27.0. The summed E-state index contributed by atoms with van der Waals surface area (Å²) in [7, 11) is 1.87. The van der Waals surface area contributed by atoms with E-state index in [4.69, 9.17) is 69.9 Å². The molecule has 0 atom stereocenters. The Balaban J connectivity index is 0.000000190. The van der Waals surface area contributed by atoms with Crippen LogP contribution in [0.3, 0.4) is 0 Å². The van der Waals surface area contributed by atoms with Crippen molar-refractivity contribution in [2.24, 2.45) is 7.05 Å². The summed E-state index contributed by atoms with van der Waals surface area (Å²) in [5, 5.41) is 33.2. The van der Waals surface area contributed by atoms with Gasteiger partial charge >= 0.3 is 30.2 Å². The van der Waals surface area contributed by atoms with Crippen molar-refractivity contribution in [3.8, 4) is 34.3 Å². The van der Waals surface area contributed by atoms with Gasteiger partial charge in [0.1, 0.15) is 28.8 Å². The number of Topliss-reactive ketones (excluding diaryl/α,β-unsaturated/α-hetero) is 1. The van der Waals surface area contributed by atoms with Crippen LogP contribution in [-0.4, -0.2) is 68.6 Å². The topological polar surface area (TPSA) is 280 Å². The number of urea groups is 3. The van der Waals surface area contributed by atoms with Crippen LogP contribution in [0.4, 0.5) is 58.6 Å². The first-order valence-corrected chi connectivity index (χ1v) is 42.9. The van der Waals surface area contributed by atoms with Gasteiger partial charge in [0.25, 0.3) is 0 Å². The van der Waals surface area contributed by atoms with Crippen LogP contribution < -0.4 is 51.4 Å². The molecule has 8 aromatic carbocycles. The van der Waals surface area contributed by atoms with Crippen LogP contribution in [0.5, 0.6) is 23.0 Å². The standard InChI is InChI=1S/C24H28N2O3S.C22H30N2O3.C17H14BrN3OS.C15H13Cl2NO2.C14H15Cl2N3O2/c1-16(2)28-19-10-12-21(13-11-19)29-20-8-6-17(7-9-20)25-23(27)26-18-14-22(30-15-18)24(3,4)5;1-6-7-12-27-21(26)17-10-8-16(9-11-17)13-19(25)14-18-15-20(22(2,3)4)23-24(18)5;1-11-2-8-14(9-3-11)19-16(22)21-17-20-15(10-23-17)12-4-6-13(18)7-5-12;1-2-10-5-3-6-11(9-10)20-15(19)18-13-8-4-7-12(16)14(13)17;1-7(2)12-8(3)13(21-19-12)18-14(20)17-10-6-4-5-9(15)11(10)16/h6-16H,1-5H3,(H2,25,26,27);8-11,15H,6-7,12-14H2,1-5H3;2-10H,1H3,(H2,19,20,21,22);3-9H,2H2,1H3,(H,18,19);4-7H,1-3H3,(H2,17,18,20). The summed E-state index contributed by atoms with van der Waals surface area (Å²) in [4.78, 5) is 78.1. The Morgan fingerprint density at radius 2 is 1.14 bits per heavy atom. The number of nitrogens with one attached hydrogen (secondary N) is 7. The Morgan fingerprint density at radius 1 is 0.570 bits per heavy atom. The number of aromatic nitrogens is 4. The van der Waals surface area contributed by atoms with E-state index in [-0.39, 0.29) is 56.7 Å². The number of rotatable bonds is 23. The fourth-order valence-corrected chi connectivity index (χ4v) is 13.5. The molecule has 0 bridgehead atoms. The van der Waals surface area contributed by atoms with Gasteiger partial charge in [-0.3, -0.25) is 25.4 Å². The summed E-state index contributed by atoms with van der Waals surface area (Å²) in [5.41, 5.74) is 12.1. The van der Waals surface area contributed by atoms with E-state index < -0.39 is 12.1 Å². The molecule has 4 aromatic heterocycles. The van der Waals surface area contributed by atoms with Crippen LogP contribution in [0.2, 0.25) is 20.1 Å². The smallest absolute Gasteiger partial charge is 0.417 e. The Kier molecular flexibility index (Phi) is 36.4. The molecular formula is C92H100BrCl4N11O11S2. The first kappa shape index (κ1) is 95.4. The van der Waals surface area contributed by atoms with Gasteiger partial charge in [-0.15, -0.1) is 22.7 Å². The number of aryl methyl sites for hydroxylation is 3. The Bertz CT molecular complexity index is 5420. The number of nitrogens with zero attached hydrogens (tertiary/aromatic N) is 4. The van der Waals surface area contributed by atoms with Crippen LogP contribution in [0, 0.1) is 13.8 Å². The summed E-state index contributed by atoms with van der Waals surface area (Å²) >= 11 is 30.2. The van der Waals surface area contributed by atoms with Crippen molar-refractivity contribution in [1.82, 2.24) is 19.9 Å². The molecule has 29 heteroatoms. The van der Waals surface area contributed by atoms with Crippen molar-refractivity contribution in [1.29, 1.82) is 0 Å². The van der Waals surface area contributed by atoms with Crippen LogP contribution in [0.25, 0.3) is 11.3 Å². The van der Waals surface area contributed by atoms with E-state index in [0.29, 0.717) is 74.6 Å². The highest BCUT2D eigenvalue weighted by molar-refractivity contribution is 9.10. The number of carbonyl (C=O) groups excluding carboxylic acids is 6. The van der Waals surface area contributed by atoms with Gasteiger partial charge in [-0.1, -0.05) is 209 Å². The van der Waals surface area contributed by atoms with Gasteiger partial charge in [0, 0.05) is 73.6 Å². The third-order valence-corrected chi connectivity index (χ3v) is 21.7. The molecule has 636 valence electrons. The molecular weight excluding hydrogens is 1720 g/mol. The zero-order valence-corrected chi connectivity index (χ0v) is 76.3. The molecule has 0 aliphatic carbocycles. The second kappa shape index (κ2) is 46.1. The molecule has 0 saturated carbocycles. The number of carbonyl (C=O) groups is 6. The number of ether oxygens (including phenoxy) is 4. The number of amides is 7. The Morgan fingerprint density at radius 3 is 1.70 bits per heavy atom. The maximum atomic E-state index is 12.5. The number of benzene rings is 8. The zero-order chi connectivity index (χ0) is 88.1. The largest absolute Gasteiger partial charge is 0.491 e. The number of thiophene rings is 1. The monoisotopic (exact) mass is 1820 g/mol. The molecule has 12 rings (SSSR count). The zero-order valence-electron chi connectivity index (χ0n) is 70.0. The second-order valence-electron chi connectivity index (χ2n) is 30.2. The van der Waals surface area contributed by atoms with Crippen molar-refractivity contribution in [2.45, 2.75) is 152 Å². The molecule has 121 heavy (non-hydrogen) atoms. The summed E-state index contributed by atoms with van der Waals surface area (Å²) in [6, 6.07) is 57.6. The van der Waals surface area contributed by atoms with E-state index in [9.17, 15) is 28.8 Å². The highest BCUT2D eigenvalue weighted by Crippen LogP contribution is 2.35. The maximum Gasteiger partial charge on any atom is 0.417 e. The average Bonchev–Trinajstić information content (AvgIpc) is 1.69. The molecule has 22 nitrogen and oxygen atoms in total. The number of halogens is 5. The quantitative estimate of drug-likeness (QED) is 0.0232. The van der Waals surface area contributed by atoms with Crippen molar-refractivity contribution in [2.75, 3.05) is 43.8 Å². The van der Waals surface area contributed by atoms with Gasteiger partial charge in [-0.2, -0.15) is 5.10 Å². The van der Waals surface area contributed by atoms with Crippen molar-refractivity contribution in [3.05, 3.63) is 279 Å². The van der Waals surface area contributed by atoms with E-state index >= 15 is 0 Å². The van der Waals surface area contributed by atoms with Gasteiger partial charge in [-0.25, -0.2) is 29.0 Å². The lowest BCUT2D eigenvalue weighted by Gasteiger charge is -2.15. The fraction of sp³-hybridized carbons (Fsp3) is 0.272. The Labute approximate surface area is 743 Å². The van der Waals surface area contributed by atoms with Crippen molar-refractivity contribution in [3.63, 3.8) is 0 Å². The van der Waals surface area contributed by atoms with E-state index in [2.05, 4.69) is 117 Å². The first-order valence-electron chi connectivity index (χ1n) is 38.9. The molecule has 0 spiro atoms. The number of ketones is 1. The van der Waals surface area contributed by atoms with E-state index in [1.54, 1.807) is 82.7 Å². The third-order valence-electron chi connectivity index (χ3n) is 17.4. The third kappa shape index (κ3) is 31.5. The number of anilines is 7. The lowest BCUT2D eigenvalue weighted by molar-refractivity contribution is -0.117. The number of unbranched alkanes of at least 4 members (excludes halogenated alkanes) is 1. The summed E-state index contributed by atoms with van der Waals surface area (Å²) in [6.45, 7) is 29.1. The van der Waals surface area contributed by atoms with E-state index in [1.165, 1.54) is 16.2 Å². The minimum atomic E-state index is -0.609. The predicted molar refractivity (Wildman–Crippen MR) is 496 cm³/mol. The molecule has 0 unspecified atom stereocenters. The van der Waals surface area contributed by atoms with Gasteiger partial charge in [-0.05, 0) is 196 Å². The lowest BCUT2D eigenvalue weighted by atomic mass is 9.92. The second-order valence-corrected chi connectivity index (χ2v) is 34.5. The molecule has 0 saturated heterocycles. The number of hydrogen-bond acceptors (Lipinski definition) is 16. The number of hydrogen-bond donors (Lipinski definition) is 7. The van der Waals surface area contributed by atoms with Gasteiger partial charge in [0.05, 0.1) is 72.5 Å². The van der Waals surface area contributed by atoms with Crippen LogP contribution in [0.15, 0.2) is 214 Å². The Hall–Kier alpha value is -11.0. The summed E-state index contributed by atoms with van der Waals surface area (Å²) in [5.74, 6) is 3.04. The SMILES string of the molecule is CC(C)Oc1ccc(Oc2ccc(NC(=O)Nc3csc(C(C)(C)C)c3)cc2)cc1.CCCCOC(=O)c1ccc(CC(=O)Cc2cc(C(C)(C)C)nn2C)cc1.CCc1cccc(OC(=O)Nc2cccc(Cl)c2Cl)c1.Cc1c(C(C)C)noc1NC(=O)Nc1cccc(Cl)c1Cl.Cc1ccc(NC(=O)Nc2nc(-c3ccc(Br)cc3)cs2)cc1. The highest BCUT2D eigenvalue weighted by Gasteiger charge is 2.23. The maximum absolute atomic E-state index is 12.5. The molecule has 0 fully saturated rings. The highest BCUT2D eigenvalue weighted by atomic mass is 79.9. The number of esters is 1. The molecule has 0 aliphatic heterocycles. The van der Waals surface area contributed by atoms with Gasteiger partial charge < -0.3 is 44.7 Å². The molecule has 4 heterocycles. The molecule has 12 aromatic rings. The normalized spacial score (nSPS) is 10.9. The first-order chi connectivity index (χ1) is 57.5. The summed E-state index contributed by atoms with van der Waals surface area (Å²) < 4.78 is 29.8. The molecule has 0 radical (unpaired) electrons. The molecule has 0 aliphatic rings. The number of thiazole rings is 1. The van der Waals surface area contributed by atoms with E-state index in [1.807, 2.05) is 194 Å². The van der Waals surface area contributed by atoms with Gasteiger partial charge in [0.15, 0.2) is 5.13 Å². The minimum Gasteiger partial charge on any atom is -0.491 e. The van der Waals surface area contributed by atoms with Gasteiger partial charge in [0.2, 0.25) is 5.88 Å². The lowest BCUT2D eigenvalue weighted by Crippen LogP contribution is -2.19. The van der Waals surface area contributed by atoms with Crippen molar-refractivity contribution < 1.29 is 52.2 Å². The summed E-state index contributed by atoms with van der Waals surface area (Å²) in [6.07, 6.45) is 2.93. The fourth-order valence-electron chi connectivity index (χ4n) is 10.9. The van der Waals surface area contributed by atoms with Crippen molar-refractivity contribution >= 4 is 160 Å². The van der Waals surface area contributed by atoms with Crippen LogP contribution in [0.1, 0.15) is 156 Å². The molecule has 7 amide bonds. The molecule has 7 N–H and O–H groups in total. The average molecular weight is 1820 g/mol. The minimum absolute atomic E-state index is 0.0410. The van der Waals surface area contributed by atoms with Crippen LogP contribution in [-0.2, 0) is 46.7 Å². The van der Waals surface area contributed by atoms with Crippen LogP contribution >= 0.6 is 85.0 Å². The van der Waals surface area contributed by atoms with E-state index in [0.717, 1.165) is 97.2 Å².